The summed E-state index contributed by atoms with van der Waals surface area (Å²) in [7, 11) is 0. The molecular formula is C37H42FN3O5. The Morgan fingerprint density at radius 1 is 0.935 bits per heavy atom. The highest BCUT2D eigenvalue weighted by molar-refractivity contribution is 5.72. The number of benzene rings is 3. The third kappa shape index (κ3) is 8.97. The average molecular weight is 628 g/mol. The van der Waals surface area contributed by atoms with Crippen LogP contribution in [0.3, 0.4) is 0 Å². The SMILES string of the molecule is Cc1cc(Nc2ccc(OCc3ccccc3)nc2OCc2ccccc2)cc(F)c1N1CCC(O)(CC(=O)OC(C)(C)C)CC1. The predicted molar refractivity (Wildman–Crippen MR) is 177 cm³/mol. The zero-order valence-electron chi connectivity index (χ0n) is 26.9. The van der Waals surface area contributed by atoms with Crippen molar-refractivity contribution in [1.29, 1.82) is 0 Å². The number of ether oxygens (including phenoxy) is 3. The second-order valence-electron chi connectivity index (χ2n) is 12.8. The molecule has 1 aromatic heterocycles. The first-order valence-electron chi connectivity index (χ1n) is 15.6. The lowest BCUT2D eigenvalue weighted by molar-refractivity contribution is -0.161. The van der Waals surface area contributed by atoms with Crippen molar-refractivity contribution in [3.63, 3.8) is 0 Å². The molecule has 0 bridgehead atoms. The van der Waals surface area contributed by atoms with Crippen LogP contribution in [0.15, 0.2) is 84.9 Å². The number of carbonyl (C=O) groups is 1. The summed E-state index contributed by atoms with van der Waals surface area (Å²) in [6.45, 7) is 8.74. The van der Waals surface area contributed by atoms with E-state index in [1.165, 1.54) is 6.07 Å². The van der Waals surface area contributed by atoms with Crippen molar-refractivity contribution >= 4 is 23.0 Å². The van der Waals surface area contributed by atoms with Crippen LogP contribution in [0.1, 0.15) is 56.7 Å². The molecule has 0 aliphatic carbocycles. The van der Waals surface area contributed by atoms with Gasteiger partial charge in [-0.2, -0.15) is 4.98 Å². The van der Waals surface area contributed by atoms with Crippen LogP contribution in [0, 0.1) is 12.7 Å². The number of nitrogens with one attached hydrogen (secondary N) is 1. The topological polar surface area (TPSA) is 93.1 Å². The second kappa shape index (κ2) is 14.2. The molecule has 0 radical (unpaired) electrons. The van der Waals surface area contributed by atoms with Gasteiger partial charge in [-0.05, 0) is 75.4 Å². The number of anilines is 3. The number of pyridine rings is 1. The molecule has 242 valence electrons. The van der Waals surface area contributed by atoms with Gasteiger partial charge in [0, 0.05) is 24.8 Å². The molecule has 1 fully saturated rings. The summed E-state index contributed by atoms with van der Waals surface area (Å²) in [6, 6.07) is 26.5. The quantitative estimate of drug-likeness (QED) is 0.165. The van der Waals surface area contributed by atoms with Crippen molar-refractivity contribution in [2.45, 2.75) is 71.4 Å². The molecule has 0 atom stereocenters. The Balaban J connectivity index is 1.29. The van der Waals surface area contributed by atoms with Gasteiger partial charge >= 0.3 is 5.97 Å². The van der Waals surface area contributed by atoms with E-state index in [0.717, 1.165) is 16.7 Å². The minimum Gasteiger partial charge on any atom is -0.473 e. The summed E-state index contributed by atoms with van der Waals surface area (Å²) >= 11 is 0. The molecule has 4 aromatic rings. The van der Waals surface area contributed by atoms with Crippen LogP contribution < -0.4 is 19.7 Å². The molecule has 0 unspecified atom stereocenters. The van der Waals surface area contributed by atoms with E-state index in [1.807, 2.05) is 84.6 Å². The number of hydrogen-bond acceptors (Lipinski definition) is 8. The number of aliphatic hydroxyl groups is 1. The third-order valence-electron chi connectivity index (χ3n) is 7.72. The van der Waals surface area contributed by atoms with Crippen LogP contribution in [0.2, 0.25) is 0 Å². The molecule has 0 amide bonds. The minimum absolute atomic E-state index is 0.0821. The number of rotatable bonds is 11. The molecule has 2 N–H and O–H groups in total. The van der Waals surface area contributed by atoms with Gasteiger partial charge in [-0.3, -0.25) is 4.79 Å². The molecule has 1 saturated heterocycles. The largest absolute Gasteiger partial charge is 0.473 e. The molecular weight excluding hydrogens is 585 g/mol. The van der Waals surface area contributed by atoms with Gasteiger partial charge in [0.25, 0.3) is 0 Å². The minimum atomic E-state index is -1.18. The summed E-state index contributed by atoms with van der Waals surface area (Å²) in [4.78, 5) is 18.9. The van der Waals surface area contributed by atoms with Crippen LogP contribution in [0.4, 0.5) is 21.5 Å². The van der Waals surface area contributed by atoms with E-state index in [4.69, 9.17) is 14.2 Å². The smallest absolute Gasteiger partial charge is 0.309 e. The molecule has 8 nitrogen and oxygen atoms in total. The summed E-state index contributed by atoms with van der Waals surface area (Å²) < 4.78 is 33.2. The summed E-state index contributed by atoms with van der Waals surface area (Å²) in [6.07, 6.45) is 0.580. The molecule has 46 heavy (non-hydrogen) atoms. The fourth-order valence-corrected chi connectivity index (χ4v) is 5.50. The summed E-state index contributed by atoms with van der Waals surface area (Å²) in [5, 5.41) is 14.3. The Hall–Kier alpha value is -4.63. The van der Waals surface area contributed by atoms with Gasteiger partial charge in [-0.1, -0.05) is 60.7 Å². The lowest BCUT2D eigenvalue weighted by atomic mass is 9.87. The maximum Gasteiger partial charge on any atom is 0.309 e. The Kier molecular flexibility index (Phi) is 10.1. The van der Waals surface area contributed by atoms with E-state index >= 15 is 4.39 Å². The number of carbonyl (C=O) groups excluding carboxylic acids is 1. The van der Waals surface area contributed by atoms with Crippen molar-refractivity contribution in [1.82, 2.24) is 4.98 Å². The molecule has 0 saturated carbocycles. The van der Waals surface area contributed by atoms with Crippen LogP contribution in [0.25, 0.3) is 0 Å². The highest BCUT2D eigenvalue weighted by Gasteiger charge is 2.37. The first kappa shape index (κ1) is 32.8. The fraction of sp³-hybridized carbons (Fsp3) is 0.351. The first-order valence-corrected chi connectivity index (χ1v) is 15.6. The highest BCUT2D eigenvalue weighted by atomic mass is 19.1. The maximum absolute atomic E-state index is 15.7. The molecule has 5 rings (SSSR count). The number of halogens is 1. The van der Waals surface area contributed by atoms with Crippen LogP contribution in [-0.2, 0) is 22.7 Å². The Bertz CT molecular complexity index is 1590. The van der Waals surface area contributed by atoms with E-state index in [-0.39, 0.29) is 12.2 Å². The Morgan fingerprint density at radius 3 is 2.13 bits per heavy atom. The third-order valence-corrected chi connectivity index (χ3v) is 7.72. The Labute approximate surface area is 270 Å². The number of hydrogen-bond donors (Lipinski definition) is 2. The van der Waals surface area contributed by atoms with Gasteiger partial charge in [-0.15, -0.1) is 0 Å². The first-order chi connectivity index (χ1) is 22.0. The van der Waals surface area contributed by atoms with Crippen molar-refractivity contribution in [3.05, 3.63) is 107 Å². The second-order valence-corrected chi connectivity index (χ2v) is 12.8. The van der Waals surface area contributed by atoms with Crippen molar-refractivity contribution in [3.8, 4) is 11.8 Å². The van der Waals surface area contributed by atoms with Gasteiger partial charge < -0.3 is 29.5 Å². The van der Waals surface area contributed by atoms with E-state index < -0.39 is 17.2 Å². The van der Waals surface area contributed by atoms with Gasteiger partial charge in [-0.25, -0.2) is 4.39 Å². The Morgan fingerprint density at radius 2 is 1.54 bits per heavy atom. The monoisotopic (exact) mass is 627 g/mol. The summed E-state index contributed by atoms with van der Waals surface area (Å²) in [5.74, 6) is -0.0787. The molecule has 3 aromatic carbocycles. The van der Waals surface area contributed by atoms with Gasteiger partial charge in [0.05, 0.1) is 17.7 Å². The molecule has 1 aliphatic heterocycles. The van der Waals surface area contributed by atoms with Crippen LogP contribution >= 0.6 is 0 Å². The number of aryl methyl sites for hydroxylation is 1. The van der Waals surface area contributed by atoms with Crippen molar-refractivity contribution < 1.29 is 28.5 Å². The number of esters is 1. The van der Waals surface area contributed by atoms with Crippen LogP contribution in [0.5, 0.6) is 11.8 Å². The highest BCUT2D eigenvalue weighted by Crippen LogP contribution is 2.36. The van der Waals surface area contributed by atoms with Gasteiger partial charge in [0.1, 0.15) is 30.3 Å². The lowest BCUT2D eigenvalue weighted by Crippen LogP contribution is -2.46. The molecule has 2 heterocycles. The lowest BCUT2D eigenvalue weighted by Gasteiger charge is -2.39. The van der Waals surface area contributed by atoms with Crippen LogP contribution in [-0.4, -0.2) is 40.4 Å². The maximum atomic E-state index is 15.7. The van der Waals surface area contributed by atoms with Gasteiger partial charge in [0.15, 0.2) is 0 Å². The molecule has 1 aliphatic rings. The standard InChI is InChI=1S/C37H42FN3O5/c1-26-21-29(22-30(38)34(26)41-19-17-37(43,18-20-41)23-33(42)46-36(2,3)4)39-31-15-16-32(44-24-27-11-7-5-8-12-27)40-35(31)45-25-28-13-9-6-10-14-28/h5-16,21-22,39,43H,17-20,23-25H2,1-4H3. The normalized spacial score (nSPS) is 14.4. The number of nitrogens with zero attached hydrogens (tertiary/aromatic N) is 2. The van der Waals surface area contributed by atoms with Crippen molar-refractivity contribution in [2.75, 3.05) is 23.3 Å². The van der Waals surface area contributed by atoms with Crippen molar-refractivity contribution in [2.24, 2.45) is 0 Å². The molecule has 0 spiro atoms. The van der Waals surface area contributed by atoms with E-state index in [0.29, 0.717) is 68.0 Å². The average Bonchev–Trinajstić information content (AvgIpc) is 3.00. The fourth-order valence-electron chi connectivity index (χ4n) is 5.50. The van der Waals surface area contributed by atoms with E-state index in [2.05, 4.69) is 10.3 Å². The summed E-state index contributed by atoms with van der Waals surface area (Å²) in [5.41, 5.74) is 2.54. The van der Waals surface area contributed by atoms with Gasteiger partial charge in [0.2, 0.25) is 11.8 Å². The zero-order valence-corrected chi connectivity index (χ0v) is 26.9. The predicted octanol–water partition coefficient (Wildman–Crippen LogP) is 7.49. The van der Waals surface area contributed by atoms with E-state index in [9.17, 15) is 9.90 Å². The zero-order chi connectivity index (χ0) is 32.7. The molecule has 9 heteroatoms. The number of aromatic nitrogens is 1. The number of piperidine rings is 1. The van der Waals surface area contributed by atoms with E-state index in [1.54, 1.807) is 26.8 Å².